The molecule has 0 radical (unpaired) electrons. The molecule has 0 heterocycles. The van der Waals surface area contributed by atoms with Gasteiger partial charge in [0.15, 0.2) is 0 Å². The van der Waals surface area contributed by atoms with Crippen LogP contribution in [-0.4, -0.2) is 40.6 Å². The highest BCUT2D eigenvalue weighted by atomic mass is 35.5. The second-order valence-electron chi connectivity index (χ2n) is 7.46. The summed E-state index contributed by atoms with van der Waals surface area (Å²) >= 11 is 30.8. The first-order valence-electron chi connectivity index (χ1n) is 9.52. The third-order valence-electron chi connectivity index (χ3n) is 4.92. The first-order chi connectivity index (χ1) is 15.7. The Labute approximate surface area is 217 Å². The molecule has 2 aromatic rings. The number of carbonyl (C=O) groups is 2. The second-order valence-corrected chi connectivity index (χ2v) is 10.2. The molecule has 2 aromatic carbocycles. The molecule has 0 aliphatic heterocycles. The van der Waals surface area contributed by atoms with Crippen molar-refractivity contribution >= 4 is 81.7 Å². The lowest BCUT2D eigenvalue weighted by Gasteiger charge is -2.14. The van der Waals surface area contributed by atoms with Crippen LogP contribution >= 0.6 is 58.0 Å². The van der Waals surface area contributed by atoms with Gasteiger partial charge in [0, 0.05) is 34.9 Å². The van der Waals surface area contributed by atoms with Crippen molar-refractivity contribution in [3.05, 3.63) is 62.6 Å². The molecule has 3 rings (SSSR count). The zero-order valence-corrected chi connectivity index (χ0v) is 20.9. The largest absolute Gasteiger partial charge is 0.394 e. The van der Waals surface area contributed by atoms with Crippen LogP contribution in [0.25, 0.3) is 0 Å². The predicted molar refractivity (Wildman–Crippen MR) is 128 cm³/mol. The number of hydrogen-bond donors (Lipinski definition) is 1. The first kappa shape index (κ1) is 26.9. The van der Waals surface area contributed by atoms with Gasteiger partial charge in [0.05, 0.1) is 22.9 Å². The number of nitrogens with zero attached hydrogens (tertiary/aromatic N) is 2. The van der Waals surface area contributed by atoms with Crippen molar-refractivity contribution in [1.29, 1.82) is 0 Å². The zero-order chi connectivity index (χ0) is 25.4. The summed E-state index contributed by atoms with van der Waals surface area (Å²) in [6.45, 7) is 0. The van der Waals surface area contributed by atoms with E-state index in [0.717, 1.165) is 0 Å². The van der Waals surface area contributed by atoms with Crippen LogP contribution in [0.5, 0.6) is 0 Å². The van der Waals surface area contributed by atoms with Crippen LogP contribution in [0.4, 0.5) is 18.9 Å². The molecule has 1 aliphatic rings. The fourth-order valence-corrected chi connectivity index (χ4v) is 4.87. The number of benzene rings is 2. The SMILES string of the molecule is CN(/N=C/CC(F)(F)F)C(=O)c1cc(NC(=O)C2C(c3cc(Cl)cc(Cl)c3)C2(Cl)Cl)ccc1Cl. The van der Waals surface area contributed by atoms with Crippen LogP contribution in [-0.2, 0) is 4.79 Å². The molecule has 1 N–H and O–H groups in total. The number of hydrogen-bond acceptors (Lipinski definition) is 3. The van der Waals surface area contributed by atoms with Crippen molar-refractivity contribution in [2.24, 2.45) is 11.0 Å². The number of halogens is 8. The minimum Gasteiger partial charge on any atom is -0.326 e. The van der Waals surface area contributed by atoms with Gasteiger partial charge in [-0.15, -0.1) is 23.2 Å². The molecule has 2 unspecified atom stereocenters. The molecule has 13 heteroatoms. The van der Waals surface area contributed by atoms with Crippen LogP contribution in [0.2, 0.25) is 15.1 Å². The summed E-state index contributed by atoms with van der Waals surface area (Å²) in [5.41, 5.74) is 0.709. The molecule has 1 aliphatic carbocycles. The molecule has 1 saturated carbocycles. The average molecular weight is 576 g/mol. The molecule has 0 spiro atoms. The van der Waals surface area contributed by atoms with Gasteiger partial charge in [0.1, 0.15) is 4.33 Å². The van der Waals surface area contributed by atoms with Crippen molar-refractivity contribution in [3.63, 3.8) is 0 Å². The lowest BCUT2D eigenvalue weighted by molar-refractivity contribution is -0.120. The quantitative estimate of drug-likeness (QED) is 0.225. The summed E-state index contributed by atoms with van der Waals surface area (Å²) in [6.07, 6.45) is -5.19. The summed E-state index contributed by atoms with van der Waals surface area (Å²) in [7, 11) is 1.18. The molecular formula is C21H15Cl5F3N3O2. The Bertz CT molecular complexity index is 1140. The molecule has 182 valence electrons. The zero-order valence-electron chi connectivity index (χ0n) is 17.1. The van der Waals surface area contributed by atoms with Gasteiger partial charge in [-0.2, -0.15) is 18.3 Å². The van der Waals surface area contributed by atoms with Gasteiger partial charge in [-0.05, 0) is 42.0 Å². The molecule has 0 aromatic heterocycles. The van der Waals surface area contributed by atoms with Crippen LogP contribution < -0.4 is 5.32 Å². The summed E-state index contributed by atoms with van der Waals surface area (Å²) in [6, 6.07) is 8.83. The highest BCUT2D eigenvalue weighted by molar-refractivity contribution is 6.53. The van der Waals surface area contributed by atoms with Gasteiger partial charge in [-0.25, -0.2) is 5.01 Å². The minimum absolute atomic E-state index is 0.0165. The first-order valence-corrected chi connectivity index (χ1v) is 11.4. The maximum Gasteiger partial charge on any atom is 0.394 e. The van der Waals surface area contributed by atoms with E-state index in [1.54, 1.807) is 12.1 Å². The Kier molecular flexibility index (Phi) is 7.99. The lowest BCUT2D eigenvalue weighted by atomic mass is 10.1. The van der Waals surface area contributed by atoms with Gasteiger partial charge < -0.3 is 5.32 Å². The fourth-order valence-electron chi connectivity index (χ4n) is 3.30. The maximum atomic E-state index is 12.9. The Morgan fingerprint density at radius 3 is 2.32 bits per heavy atom. The standard InChI is InChI=1S/C21H15Cl5F3N3O2/c1-32(30-5-4-20(27,28)29)19(34)14-9-13(2-3-15(14)24)31-18(33)17-16(21(17,25)26)10-6-11(22)8-12(23)7-10/h2-3,5-9,16-17H,4H2,1H3,(H,31,33)/b30-5+. The molecule has 1 fully saturated rings. The molecule has 5 nitrogen and oxygen atoms in total. The molecule has 34 heavy (non-hydrogen) atoms. The highest BCUT2D eigenvalue weighted by Gasteiger charge is 2.67. The Morgan fingerprint density at radius 1 is 1.12 bits per heavy atom. The van der Waals surface area contributed by atoms with Crippen molar-refractivity contribution in [2.75, 3.05) is 12.4 Å². The molecule has 0 saturated heterocycles. The number of hydrazone groups is 1. The summed E-state index contributed by atoms with van der Waals surface area (Å²) in [4.78, 5) is 25.5. The van der Waals surface area contributed by atoms with Crippen LogP contribution in [0.15, 0.2) is 41.5 Å². The second kappa shape index (κ2) is 10.1. The van der Waals surface area contributed by atoms with Crippen LogP contribution in [0.1, 0.15) is 28.3 Å². The number of carbonyl (C=O) groups excluding carboxylic acids is 2. The van der Waals surface area contributed by atoms with E-state index in [2.05, 4.69) is 10.4 Å². The Hall–Kier alpha value is -1.71. The van der Waals surface area contributed by atoms with Gasteiger partial charge in [-0.1, -0.05) is 34.8 Å². The van der Waals surface area contributed by atoms with Crippen molar-refractivity contribution in [3.8, 4) is 0 Å². The Balaban J connectivity index is 1.75. The topological polar surface area (TPSA) is 61.8 Å². The van der Waals surface area contributed by atoms with Crippen LogP contribution in [0.3, 0.4) is 0 Å². The number of alkyl halides is 5. The minimum atomic E-state index is -4.45. The maximum absolute atomic E-state index is 12.9. The van der Waals surface area contributed by atoms with E-state index < -0.39 is 40.6 Å². The Morgan fingerprint density at radius 2 is 1.74 bits per heavy atom. The number of rotatable bonds is 6. The molecule has 2 atom stereocenters. The van der Waals surface area contributed by atoms with Crippen LogP contribution in [0, 0.1) is 5.92 Å². The molecule has 0 bridgehead atoms. The van der Waals surface area contributed by atoms with Gasteiger partial charge in [-0.3, -0.25) is 9.59 Å². The third-order valence-corrected chi connectivity index (χ3v) is 6.62. The van der Waals surface area contributed by atoms with Crippen molar-refractivity contribution < 1.29 is 22.8 Å². The van der Waals surface area contributed by atoms with E-state index in [4.69, 9.17) is 58.0 Å². The normalized spacial score (nSPS) is 19.2. The highest BCUT2D eigenvalue weighted by Crippen LogP contribution is 2.65. The van der Waals surface area contributed by atoms with E-state index in [-0.39, 0.29) is 16.3 Å². The van der Waals surface area contributed by atoms with E-state index in [9.17, 15) is 22.8 Å². The van der Waals surface area contributed by atoms with Crippen molar-refractivity contribution in [2.45, 2.75) is 22.8 Å². The van der Waals surface area contributed by atoms with E-state index >= 15 is 0 Å². The number of amides is 2. The lowest BCUT2D eigenvalue weighted by Crippen LogP contribution is -2.23. The summed E-state index contributed by atoms with van der Waals surface area (Å²) in [5.74, 6) is -2.71. The number of anilines is 1. The third kappa shape index (κ3) is 6.29. The van der Waals surface area contributed by atoms with Gasteiger partial charge >= 0.3 is 6.18 Å². The van der Waals surface area contributed by atoms with Gasteiger partial charge in [0.25, 0.3) is 5.91 Å². The summed E-state index contributed by atoms with van der Waals surface area (Å²) < 4.78 is 35.4. The monoisotopic (exact) mass is 573 g/mol. The van der Waals surface area contributed by atoms with E-state index in [0.29, 0.717) is 26.8 Å². The average Bonchev–Trinajstić information content (AvgIpc) is 3.29. The van der Waals surface area contributed by atoms with Gasteiger partial charge in [0.2, 0.25) is 5.91 Å². The molecular weight excluding hydrogens is 561 g/mol. The smallest absolute Gasteiger partial charge is 0.326 e. The molecule has 2 amide bonds. The predicted octanol–water partition coefficient (Wildman–Crippen LogP) is 7.18. The van der Waals surface area contributed by atoms with E-state index in [1.165, 1.54) is 31.3 Å². The number of nitrogens with one attached hydrogen (secondary N) is 1. The van der Waals surface area contributed by atoms with Crippen molar-refractivity contribution in [1.82, 2.24) is 5.01 Å². The fraction of sp³-hybridized carbons (Fsp3) is 0.286. The summed E-state index contributed by atoms with van der Waals surface area (Å²) in [5, 5.41) is 7.54. The van der Waals surface area contributed by atoms with E-state index in [1.807, 2.05) is 0 Å².